The predicted octanol–water partition coefficient (Wildman–Crippen LogP) is 14.7. The Balaban J connectivity index is 0.930. The molecule has 274 valence electrons. The van der Waals surface area contributed by atoms with Crippen molar-refractivity contribution in [3.8, 4) is 22.3 Å². The van der Waals surface area contributed by atoms with Gasteiger partial charge in [0.05, 0.1) is 0 Å². The quantitative estimate of drug-likeness (QED) is 0.166. The average molecular weight is 716 g/mol. The Bertz CT molecular complexity index is 2430. The molecule has 55 heavy (non-hydrogen) atoms. The molecule has 0 heterocycles. The standard InChI is InChI=1S/C54H53N/c1-53(2)51-22-13-42(41-10-9-38-5-3-4-6-40(38)28-41)29-50(51)48-21-20-47(30-52(48)53)55(45-16-11-39(12-17-45)49-27-34-7-8-43(49)26-34)46-18-14-44(15-19-46)54-31-35-23-36(32-54)25-37(24-35)33-54/h3-6,9-22,28-30,34-37,43,49H,7-8,23-27,31-33H2,1-2H3. The lowest BCUT2D eigenvalue weighted by atomic mass is 9.48. The van der Waals surface area contributed by atoms with Crippen LogP contribution in [0.15, 0.2) is 127 Å². The number of benzene rings is 6. The van der Waals surface area contributed by atoms with Gasteiger partial charge in [-0.3, -0.25) is 0 Å². The molecule has 0 saturated heterocycles. The Hall–Kier alpha value is -4.62. The summed E-state index contributed by atoms with van der Waals surface area (Å²) >= 11 is 0. The zero-order valence-electron chi connectivity index (χ0n) is 32.6. The molecule has 6 fully saturated rings. The van der Waals surface area contributed by atoms with Gasteiger partial charge < -0.3 is 4.90 Å². The summed E-state index contributed by atoms with van der Waals surface area (Å²) in [5.74, 6) is 5.47. The van der Waals surface area contributed by atoms with Gasteiger partial charge in [0.25, 0.3) is 0 Å². The molecule has 3 atom stereocenters. The Kier molecular flexibility index (Phi) is 7.08. The van der Waals surface area contributed by atoms with Crippen LogP contribution >= 0.6 is 0 Å². The minimum atomic E-state index is -0.0950. The third kappa shape index (κ3) is 5.10. The monoisotopic (exact) mass is 715 g/mol. The summed E-state index contributed by atoms with van der Waals surface area (Å²) in [6, 6.07) is 49.9. The lowest BCUT2D eigenvalue weighted by Gasteiger charge is -2.57. The van der Waals surface area contributed by atoms with Gasteiger partial charge in [0.1, 0.15) is 0 Å². The van der Waals surface area contributed by atoms with Gasteiger partial charge in [-0.05, 0) is 203 Å². The van der Waals surface area contributed by atoms with Gasteiger partial charge in [0.15, 0.2) is 0 Å². The molecule has 13 rings (SSSR count). The Labute approximate surface area is 327 Å². The van der Waals surface area contributed by atoms with E-state index in [4.69, 9.17) is 0 Å². The van der Waals surface area contributed by atoms with Crippen LogP contribution in [-0.2, 0) is 10.8 Å². The van der Waals surface area contributed by atoms with Crippen molar-refractivity contribution in [2.45, 2.75) is 94.8 Å². The van der Waals surface area contributed by atoms with Crippen LogP contribution in [0.3, 0.4) is 0 Å². The SMILES string of the molecule is CC1(C)c2ccc(-c3ccc4ccccc4c3)cc2-c2ccc(N(c3ccc(C4CC5CCC4C5)cc3)c3ccc(C45CC6CC(CC(C6)C4)C5)cc3)cc21. The molecule has 0 aromatic heterocycles. The van der Waals surface area contributed by atoms with Gasteiger partial charge in [-0.15, -0.1) is 0 Å². The van der Waals surface area contributed by atoms with Crippen LogP contribution in [-0.4, -0.2) is 0 Å². The smallest absolute Gasteiger partial charge is 0.0465 e. The van der Waals surface area contributed by atoms with Gasteiger partial charge in [0.2, 0.25) is 0 Å². The molecule has 6 aromatic carbocycles. The maximum absolute atomic E-state index is 2.55. The average Bonchev–Trinajstić information content (AvgIpc) is 3.90. The minimum absolute atomic E-state index is 0.0950. The van der Waals surface area contributed by atoms with Crippen LogP contribution in [0.4, 0.5) is 17.1 Å². The maximum atomic E-state index is 2.55. The van der Waals surface area contributed by atoms with Crippen molar-refractivity contribution in [2.24, 2.45) is 29.6 Å². The first-order valence-corrected chi connectivity index (χ1v) is 21.7. The van der Waals surface area contributed by atoms with E-state index in [2.05, 4.69) is 146 Å². The number of rotatable bonds is 6. The van der Waals surface area contributed by atoms with Gasteiger partial charge >= 0.3 is 0 Å². The van der Waals surface area contributed by atoms with E-state index in [1.165, 1.54) is 125 Å². The van der Waals surface area contributed by atoms with Crippen molar-refractivity contribution < 1.29 is 0 Å². The van der Waals surface area contributed by atoms with E-state index in [9.17, 15) is 0 Å². The molecular formula is C54H53N. The van der Waals surface area contributed by atoms with E-state index in [-0.39, 0.29) is 5.41 Å². The second kappa shape index (κ2) is 11.9. The highest BCUT2D eigenvalue weighted by Gasteiger charge is 2.51. The first-order valence-electron chi connectivity index (χ1n) is 21.7. The Morgan fingerprint density at radius 2 is 1.15 bits per heavy atom. The Morgan fingerprint density at radius 1 is 0.491 bits per heavy atom. The molecule has 1 heteroatoms. The fourth-order valence-electron chi connectivity index (χ4n) is 13.8. The van der Waals surface area contributed by atoms with Crippen LogP contribution in [0, 0.1) is 29.6 Å². The predicted molar refractivity (Wildman–Crippen MR) is 230 cm³/mol. The molecule has 0 N–H and O–H groups in total. The van der Waals surface area contributed by atoms with E-state index >= 15 is 0 Å². The molecular weight excluding hydrogens is 663 g/mol. The summed E-state index contributed by atoms with van der Waals surface area (Å²) in [6.45, 7) is 4.84. The molecule has 1 nitrogen and oxygen atoms in total. The van der Waals surface area contributed by atoms with Crippen molar-refractivity contribution in [1.82, 2.24) is 0 Å². The highest BCUT2D eigenvalue weighted by atomic mass is 15.1. The van der Waals surface area contributed by atoms with E-state index in [0.29, 0.717) is 5.41 Å². The zero-order valence-corrected chi connectivity index (χ0v) is 32.6. The molecule has 0 radical (unpaired) electrons. The van der Waals surface area contributed by atoms with E-state index in [1.807, 2.05) is 0 Å². The van der Waals surface area contributed by atoms with Crippen LogP contribution < -0.4 is 4.90 Å². The molecule has 7 aliphatic carbocycles. The van der Waals surface area contributed by atoms with Crippen molar-refractivity contribution in [2.75, 3.05) is 4.90 Å². The normalized spacial score (nSPS) is 29.1. The van der Waals surface area contributed by atoms with Gasteiger partial charge in [-0.1, -0.05) is 99.1 Å². The highest BCUT2D eigenvalue weighted by molar-refractivity contribution is 5.91. The molecule has 3 unspecified atom stereocenters. The molecule has 6 aromatic rings. The molecule has 0 aliphatic heterocycles. The summed E-state index contributed by atoms with van der Waals surface area (Å²) in [6.07, 6.45) is 14.4. The lowest BCUT2D eigenvalue weighted by molar-refractivity contribution is -0.00518. The lowest BCUT2D eigenvalue weighted by Crippen LogP contribution is -2.48. The first-order chi connectivity index (χ1) is 26.9. The van der Waals surface area contributed by atoms with Gasteiger partial charge in [-0.2, -0.15) is 0 Å². The second-order valence-electron chi connectivity index (χ2n) is 19.6. The van der Waals surface area contributed by atoms with Crippen molar-refractivity contribution >= 4 is 27.8 Å². The van der Waals surface area contributed by atoms with Crippen molar-refractivity contribution in [3.63, 3.8) is 0 Å². The number of fused-ring (bicyclic) bond motifs is 6. The number of nitrogens with zero attached hydrogens (tertiary/aromatic N) is 1. The topological polar surface area (TPSA) is 3.24 Å². The fourth-order valence-corrected chi connectivity index (χ4v) is 13.8. The van der Waals surface area contributed by atoms with Gasteiger partial charge in [-0.25, -0.2) is 0 Å². The Morgan fingerprint density at radius 3 is 1.84 bits per heavy atom. The molecule has 0 spiro atoms. The summed E-state index contributed by atoms with van der Waals surface area (Å²) in [5.41, 5.74) is 15.4. The zero-order chi connectivity index (χ0) is 36.5. The molecule has 6 bridgehead atoms. The molecule has 0 amide bonds. The summed E-state index contributed by atoms with van der Waals surface area (Å²) in [5, 5.41) is 2.58. The van der Waals surface area contributed by atoms with E-state index in [1.54, 1.807) is 11.1 Å². The van der Waals surface area contributed by atoms with Crippen LogP contribution in [0.2, 0.25) is 0 Å². The van der Waals surface area contributed by atoms with E-state index < -0.39 is 0 Å². The summed E-state index contributed by atoms with van der Waals surface area (Å²) < 4.78 is 0. The van der Waals surface area contributed by atoms with Crippen molar-refractivity contribution in [3.05, 3.63) is 150 Å². The van der Waals surface area contributed by atoms with Crippen LogP contribution in [0.1, 0.15) is 106 Å². The third-order valence-electron chi connectivity index (χ3n) is 16.1. The highest BCUT2D eigenvalue weighted by Crippen LogP contribution is 2.61. The number of hydrogen-bond acceptors (Lipinski definition) is 1. The van der Waals surface area contributed by atoms with E-state index in [0.717, 1.165) is 35.5 Å². The number of anilines is 3. The third-order valence-corrected chi connectivity index (χ3v) is 16.1. The molecule has 6 saturated carbocycles. The van der Waals surface area contributed by atoms with Crippen LogP contribution in [0.5, 0.6) is 0 Å². The minimum Gasteiger partial charge on any atom is -0.310 e. The van der Waals surface area contributed by atoms with Gasteiger partial charge in [0, 0.05) is 22.5 Å². The fraction of sp³-hybridized carbons (Fsp3) is 0.370. The second-order valence-corrected chi connectivity index (χ2v) is 19.6. The molecule has 7 aliphatic rings. The first kappa shape index (κ1) is 32.6. The maximum Gasteiger partial charge on any atom is 0.0465 e. The summed E-state index contributed by atoms with van der Waals surface area (Å²) in [7, 11) is 0. The van der Waals surface area contributed by atoms with Crippen LogP contribution in [0.25, 0.3) is 33.0 Å². The largest absolute Gasteiger partial charge is 0.310 e. The summed E-state index contributed by atoms with van der Waals surface area (Å²) in [4.78, 5) is 2.55. The van der Waals surface area contributed by atoms with Crippen molar-refractivity contribution in [1.29, 1.82) is 0 Å². The number of hydrogen-bond donors (Lipinski definition) is 0.